The highest BCUT2D eigenvalue weighted by molar-refractivity contribution is 5.34. The SMILES string of the molecule is CN1CCCC(Oc2cccc(F)c2CN)C1. The molecule has 0 saturated carbocycles. The van der Waals surface area contributed by atoms with E-state index >= 15 is 0 Å². The Labute approximate surface area is 101 Å². The summed E-state index contributed by atoms with van der Waals surface area (Å²) in [6, 6.07) is 4.87. The molecule has 1 aromatic carbocycles. The van der Waals surface area contributed by atoms with Gasteiger partial charge in [0.1, 0.15) is 17.7 Å². The van der Waals surface area contributed by atoms with Crippen LogP contribution in [0.15, 0.2) is 18.2 Å². The van der Waals surface area contributed by atoms with Gasteiger partial charge in [0.05, 0.1) is 0 Å². The average Bonchev–Trinajstić information content (AvgIpc) is 2.29. The van der Waals surface area contributed by atoms with Gasteiger partial charge in [-0.2, -0.15) is 0 Å². The number of nitrogens with zero attached hydrogens (tertiary/aromatic N) is 1. The van der Waals surface area contributed by atoms with E-state index in [0.29, 0.717) is 11.3 Å². The van der Waals surface area contributed by atoms with Gasteiger partial charge in [0, 0.05) is 18.7 Å². The van der Waals surface area contributed by atoms with Crippen molar-refractivity contribution in [2.75, 3.05) is 20.1 Å². The van der Waals surface area contributed by atoms with E-state index in [1.807, 2.05) is 0 Å². The van der Waals surface area contributed by atoms with Crippen LogP contribution in [-0.2, 0) is 6.54 Å². The highest BCUT2D eigenvalue weighted by Crippen LogP contribution is 2.24. The number of hydrogen-bond acceptors (Lipinski definition) is 3. The summed E-state index contributed by atoms with van der Waals surface area (Å²) in [6.45, 7) is 2.16. The topological polar surface area (TPSA) is 38.5 Å². The minimum atomic E-state index is -0.283. The second-order valence-corrected chi connectivity index (χ2v) is 4.56. The van der Waals surface area contributed by atoms with Crippen LogP contribution in [0.5, 0.6) is 5.75 Å². The molecule has 1 aliphatic heterocycles. The molecular weight excluding hydrogens is 219 g/mol. The van der Waals surface area contributed by atoms with E-state index in [1.165, 1.54) is 6.07 Å². The third kappa shape index (κ3) is 2.96. The second-order valence-electron chi connectivity index (χ2n) is 4.56. The lowest BCUT2D eigenvalue weighted by molar-refractivity contribution is 0.103. The van der Waals surface area contributed by atoms with Crippen LogP contribution < -0.4 is 10.5 Å². The number of piperidine rings is 1. The number of likely N-dealkylation sites (tertiary alicyclic amines) is 1. The molecule has 0 spiro atoms. The number of hydrogen-bond donors (Lipinski definition) is 1. The van der Waals surface area contributed by atoms with E-state index < -0.39 is 0 Å². The smallest absolute Gasteiger partial charge is 0.131 e. The predicted octanol–water partition coefficient (Wildman–Crippen LogP) is 1.76. The standard InChI is InChI=1S/C13H19FN2O/c1-16-7-3-4-10(9-16)17-13-6-2-5-12(14)11(13)8-15/h2,5-6,10H,3-4,7-9,15H2,1H3. The number of rotatable bonds is 3. The zero-order chi connectivity index (χ0) is 12.3. The lowest BCUT2D eigenvalue weighted by Gasteiger charge is -2.30. The first-order valence-electron chi connectivity index (χ1n) is 6.03. The monoisotopic (exact) mass is 238 g/mol. The fourth-order valence-electron chi connectivity index (χ4n) is 2.24. The molecule has 4 heteroatoms. The predicted molar refractivity (Wildman–Crippen MR) is 65.4 cm³/mol. The van der Waals surface area contributed by atoms with Gasteiger partial charge in [0.25, 0.3) is 0 Å². The van der Waals surface area contributed by atoms with E-state index in [4.69, 9.17) is 10.5 Å². The van der Waals surface area contributed by atoms with Crippen LogP contribution in [0, 0.1) is 5.82 Å². The van der Waals surface area contributed by atoms with Crippen molar-refractivity contribution in [2.24, 2.45) is 5.73 Å². The summed E-state index contributed by atoms with van der Waals surface area (Å²) in [7, 11) is 2.07. The minimum absolute atomic E-state index is 0.140. The molecule has 1 fully saturated rings. The molecule has 0 bridgehead atoms. The number of halogens is 1. The van der Waals surface area contributed by atoms with Crippen molar-refractivity contribution >= 4 is 0 Å². The summed E-state index contributed by atoms with van der Waals surface area (Å²) in [5.41, 5.74) is 6.03. The highest BCUT2D eigenvalue weighted by atomic mass is 19.1. The van der Waals surface area contributed by atoms with E-state index in [-0.39, 0.29) is 18.5 Å². The van der Waals surface area contributed by atoms with Gasteiger partial charge in [-0.25, -0.2) is 4.39 Å². The minimum Gasteiger partial charge on any atom is -0.489 e. The molecule has 94 valence electrons. The van der Waals surface area contributed by atoms with Gasteiger partial charge < -0.3 is 15.4 Å². The highest BCUT2D eigenvalue weighted by Gasteiger charge is 2.20. The molecule has 0 aliphatic carbocycles. The van der Waals surface area contributed by atoms with Gasteiger partial charge in [-0.1, -0.05) is 6.07 Å². The Morgan fingerprint density at radius 2 is 2.35 bits per heavy atom. The van der Waals surface area contributed by atoms with Crippen LogP contribution in [0.25, 0.3) is 0 Å². The summed E-state index contributed by atoms with van der Waals surface area (Å²) >= 11 is 0. The molecule has 0 aromatic heterocycles. The Morgan fingerprint density at radius 1 is 1.53 bits per heavy atom. The van der Waals surface area contributed by atoms with Crippen LogP contribution >= 0.6 is 0 Å². The Bertz CT molecular complexity index is 384. The van der Waals surface area contributed by atoms with Crippen molar-refractivity contribution in [1.29, 1.82) is 0 Å². The van der Waals surface area contributed by atoms with Gasteiger partial charge >= 0.3 is 0 Å². The van der Waals surface area contributed by atoms with Crippen LogP contribution in [0.2, 0.25) is 0 Å². The number of likely N-dealkylation sites (N-methyl/N-ethyl adjacent to an activating group) is 1. The zero-order valence-corrected chi connectivity index (χ0v) is 10.2. The Kier molecular flexibility index (Phi) is 3.97. The van der Waals surface area contributed by atoms with Gasteiger partial charge in [-0.05, 0) is 38.6 Å². The summed E-state index contributed by atoms with van der Waals surface area (Å²) in [4.78, 5) is 2.23. The van der Waals surface area contributed by atoms with Crippen molar-refractivity contribution in [1.82, 2.24) is 4.90 Å². The van der Waals surface area contributed by atoms with Gasteiger partial charge in [-0.15, -0.1) is 0 Å². The Balaban J connectivity index is 2.10. The molecule has 0 radical (unpaired) electrons. The molecular formula is C13H19FN2O. The normalized spacial score (nSPS) is 21.5. The lowest BCUT2D eigenvalue weighted by Crippen LogP contribution is -2.38. The van der Waals surface area contributed by atoms with Gasteiger partial charge in [0.15, 0.2) is 0 Å². The van der Waals surface area contributed by atoms with E-state index in [0.717, 1.165) is 25.9 Å². The molecule has 1 heterocycles. The summed E-state index contributed by atoms with van der Waals surface area (Å²) < 4.78 is 19.4. The summed E-state index contributed by atoms with van der Waals surface area (Å²) in [5, 5.41) is 0. The Morgan fingerprint density at radius 3 is 3.06 bits per heavy atom. The van der Waals surface area contributed by atoms with Crippen molar-refractivity contribution < 1.29 is 9.13 Å². The van der Waals surface area contributed by atoms with E-state index in [2.05, 4.69) is 11.9 Å². The maximum Gasteiger partial charge on any atom is 0.131 e. The average molecular weight is 238 g/mol. The molecule has 17 heavy (non-hydrogen) atoms. The van der Waals surface area contributed by atoms with Crippen LogP contribution in [-0.4, -0.2) is 31.1 Å². The maximum absolute atomic E-state index is 13.5. The largest absolute Gasteiger partial charge is 0.489 e. The third-order valence-electron chi connectivity index (χ3n) is 3.15. The molecule has 1 aliphatic rings. The zero-order valence-electron chi connectivity index (χ0n) is 10.2. The first-order chi connectivity index (χ1) is 8.20. The van der Waals surface area contributed by atoms with Crippen LogP contribution in [0.4, 0.5) is 4.39 Å². The van der Waals surface area contributed by atoms with E-state index in [1.54, 1.807) is 12.1 Å². The summed E-state index contributed by atoms with van der Waals surface area (Å²) in [6.07, 6.45) is 2.28. The molecule has 1 atom stereocenters. The van der Waals surface area contributed by atoms with Gasteiger partial charge in [-0.3, -0.25) is 0 Å². The molecule has 2 rings (SSSR count). The first kappa shape index (κ1) is 12.3. The van der Waals surface area contributed by atoms with Crippen molar-refractivity contribution in [3.8, 4) is 5.75 Å². The summed E-state index contributed by atoms with van der Waals surface area (Å²) in [5.74, 6) is 0.307. The van der Waals surface area contributed by atoms with Crippen molar-refractivity contribution in [3.63, 3.8) is 0 Å². The lowest BCUT2D eigenvalue weighted by atomic mass is 10.1. The Hall–Kier alpha value is -1.13. The van der Waals surface area contributed by atoms with Crippen molar-refractivity contribution in [3.05, 3.63) is 29.6 Å². The van der Waals surface area contributed by atoms with Crippen LogP contribution in [0.3, 0.4) is 0 Å². The molecule has 1 aromatic rings. The molecule has 0 amide bonds. The fourth-order valence-corrected chi connectivity index (χ4v) is 2.24. The molecule has 3 nitrogen and oxygen atoms in total. The van der Waals surface area contributed by atoms with E-state index in [9.17, 15) is 4.39 Å². The van der Waals surface area contributed by atoms with Crippen molar-refractivity contribution in [2.45, 2.75) is 25.5 Å². The number of nitrogens with two attached hydrogens (primary N) is 1. The van der Waals surface area contributed by atoms with Gasteiger partial charge in [0.2, 0.25) is 0 Å². The second kappa shape index (κ2) is 5.47. The maximum atomic E-state index is 13.5. The molecule has 2 N–H and O–H groups in total. The third-order valence-corrected chi connectivity index (χ3v) is 3.15. The van der Waals surface area contributed by atoms with Crippen LogP contribution in [0.1, 0.15) is 18.4 Å². The number of ether oxygens (including phenoxy) is 1. The quantitative estimate of drug-likeness (QED) is 0.872. The fraction of sp³-hybridized carbons (Fsp3) is 0.538. The molecule has 1 unspecified atom stereocenters. The molecule has 1 saturated heterocycles. The number of benzene rings is 1. The first-order valence-corrected chi connectivity index (χ1v) is 6.03.